The van der Waals surface area contributed by atoms with Crippen molar-refractivity contribution in [2.75, 3.05) is 18.1 Å². The number of nitrogens with zero attached hydrogens (tertiary/aromatic N) is 2. The van der Waals surface area contributed by atoms with Crippen LogP contribution >= 0.6 is 11.8 Å². The van der Waals surface area contributed by atoms with E-state index in [0.29, 0.717) is 5.95 Å². The summed E-state index contributed by atoms with van der Waals surface area (Å²) in [6, 6.07) is 0. The minimum Gasteiger partial charge on any atom is -0.357 e. The van der Waals surface area contributed by atoms with E-state index in [1.165, 1.54) is 0 Å². The normalized spacial score (nSPS) is 9.92. The fraction of sp³-hybridized carbons (Fsp3) is 0.500. The van der Waals surface area contributed by atoms with Gasteiger partial charge in [0.25, 0.3) is 0 Å². The first-order valence-corrected chi connectivity index (χ1v) is 4.90. The second-order valence-electron chi connectivity index (χ2n) is 2.36. The van der Waals surface area contributed by atoms with E-state index in [9.17, 15) is 0 Å². The maximum atomic E-state index is 4.32. The lowest BCUT2D eigenvalue weighted by molar-refractivity contribution is 1.01. The highest BCUT2D eigenvalue weighted by Gasteiger charge is 2.01. The Balaban J connectivity index is 2.91. The molecule has 1 heterocycles. The van der Waals surface area contributed by atoms with Crippen LogP contribution < -0.4 is 5.32 Å². The third-order valence-electron chi connectivity index (χ3n) is 1.43. The number of anilines is 1. The molecule has 1 N–H and O–H groups in total. The van der Waals surface area contributed by atoms with E-state index in [4.69, 9.17) is 0 Å². The van der Waals surface area contributed by atoms with Crippen molar-refractivity contribution < 1.29 is 0 Å². The van der Waals surface area contributed by atoms with Crippen molar-refractivity contribution in [2.45, 2.75) is 18.9 Å². The molecule has 1 aromatic heterocycles. The smallest absolute Gasteiger partial charge is 0.223 e. The number of thioether (sulfide) groups is 1. The Morgan fingerprint density at radius 2 is 2.33 bits per heavy atom. The number of aryl methyl sites for hydroxylation is 1. The van der Waals surface area contributed by atoms with Crippen LogP contribution in [0.3, 0.4) is 0 Å². The zero-order valence-corrected chi connectivity index (χ0v) is 8.40. The third kappa shape index (κ3) is 2.11. The van der Waals surface area contributed by atoms with Gasteiger partial charge in [0.15, 0.2) is 0 Å². The molecule has 0 bridgehead atoms. The van der Waals surface area contributed by atoms with Crippen molar-refractivity contribution in [1.29, 1.82) is 0 Å². The second kappa shape index (κ2) is 4.30. The lowest BCUT2D eigenvalue weighted by Gasteiger charge is -2.04. The Kier molecular flexibility index (Phi) is 3.34. The summed E-state index contributed by atoms with van der Waals surface area (Å²) in [6.07, 6.45) is 1.84. The van der Waals surface area contributed by atoms with Crippen LogP contribution in [0.5, 0.6) is 0 Å². The molecule has 0 spiro atoms. The van der Waals surface area contributed by atoms with Crippen LogP contribution in [-0.4, -0.2) is 22.8 Å². The molecule has 0 saturated carbocycles. The van der Waals surface area contributed by atoms with Gasteiger partial charge in [0.1, 0.15) is 5.03 Å². The minimum atomic E-state index is 0.691. The molecule has 12 heavy (non-hydrogen) atoms. The van der Waals surface area contributed by atoms with Gasteiger partial charge in [-0.2, -0.15) is 0 Å². The van der Waals surface area contributed by atoms with E-state index in [1.54, 1.807) is 11.8 Å². The Hall–Kier alpha value is -0.770. The Labute approximate surface area is 77.0 Å². The number of rotatable bonds is 3. The van der Waals surface area contributed by atoms with Gasteiger partial charge in [-0.3, -0.25) is 0 Å². The zero-order valence-electron chi connectivity index (χ0n) is 7.59. The fourth-order valence-electron chi connectivity index (χ4n) is 0.830. The van der Waals surface area contributed by atoms with E-state index >= 15 is 0 Å². The van der Waals surface area contributed by atoms with Crippen LogP contribution in [0.2, 0.25) is 0 Å². The highest BCUT2D eigenvalue weighted by Crippen LogP contribution is 2.19. The third-order valence-corrected chi connectivity index (χ3v) is 2.41. The molecule has 1 aromatic rings. The monoisotopic (exact) mass is 183 g/mol. The molecule has 0 aromatic carbocycles. The Morgan fingerprint density at radius 1 is 1.58 bits per heavy atom. The summed E-state index contributed by atoms with van der Waals surface area (Å²) in [6.45, 7) is 4.14. The summed E-state index contributed by atoms with van der Waals surface area (Å²) >= 11 is 1.74. The van der Waals surface area contributed by atoms with Crippen molar-refractivity contribution in [1.82, 2.24) is 9.97 Å². The van der Waals surface area contributed by atoms with Gasteiger partial charge in [-0.1, -0.05) is 6.92 Å². The average Bonchev–Trinajstić information content (AvgIpc) is 2.09. The van der Waals surface area contributed by atoms with Crippen molar-refractivity contribution in [3.63, 3.8) is 0 Å². The van der Waals surface area contributed by atoms with Crippen LogP contribution in [0.1, 0.15) is 12.5 Å². The van der Waals surface area contributed by atoms with Gasteiger partial charge < -0.3 is 5.32 Å². The largest absolute Gasteiger partial charge is 0.357 e. The highest BCUT2D eigenvalue weighted by molar-refractivity contribution is 7.99. The predicted molar refractivity (Wildman–Crippen MR) is 52.7 cm³/mol. The van der Waals surface area contributed by atoms with Gasteiger partial charge >= 0.3 is 0 Å². The minimum absolute atomic E-state index is 0.691. The molecule has 0 atom stereocenters. The molecular formula is C8H13N3S. The van der Waals surface area contributed by atoms with Gasteiger partial charge in [0, 0.05) is 13.2 Å². The first-order valence-electron chi connectivity index (χ1n) is 3.92. The van der Waals surface area contributed by atoms with Crippen molar-refractivity contribution in [3.8, 4) is 0 Å². The molecule has 1 rings (SSSR count). The number of nitrogens with one attached hydrogen (secondary N) is 1. The standard InChI is InChI=1S/C8H13N3S/c1-4-12-7-6(2)5-10-8(9-3)11-7/h5H,4H2,1-3H3,(H,9,10,11). The molecule has 0 aliphatic heterocycles. The molecule has 0 unspecified atom stereocenters. The number of hydrogen-bond acceptors (Lipinski definition) is 4. The molecule has 0 aliphatic rings. The van der Waals surface area contributed by atoms with Crippen molar-refractivity contribution in [2.24, 2.45) is 0 Å². The molecule has 0 saturated heterocycles. The molecule has 0 aliphatic carbocycles. The van der Waals surface area contributed by atoms with Gasteiger partial charge in [-0.05, 0) is 18.2 Å². The lowest BCUT2D eigenvalue weighted by Crippen LogP contribution is -1.98. The number of aromatic nitrogens is 2. The van der Waals surface area contributed by atoms with E-state index in [0.717, 1.165) is 16.3 Å². The van der Waals surface area contributed by atoms with Gasteiger partial charge in [0.05, 0.1) is 0 Å². The quantitative estimate of drug-likeness (QED) is 0.574. The van der Waals surface area contributed by atoms with Crippen LogP contribution in [0.15, 0.2) is 11.2 Å². The summed E-state index contributed by atoms with van der Waals surface area (Å²) in [5.41, 5.74) is 1.14. The van der Waals surface area contributed by atoms with Crippen molar-refractivity contribution in [3.05, 3.63) is 11.8 Å². The maximum Gasteiger partial charge on any atom is 0.223 e. The molecule has 0 amide bonds. The lowest BCUT2D eigenvalue weighted by atomic mass is 10.4. The van der Waals surface area contributed by atoms with E-state index in [2.05, 4.69) is 22.2 Å². The summed E-state index contributed by atoms with van der Waals surface area (Å²) in [7, 11) is 1.82. The van der Waals surface area contributed by atoms with Crippen molar-refractivity contribution >= 4 is 17.7 Å². The predicted octanol–water partition coefficient (Wildman–Crippen LogP) is 1.94. The molecule has 3 nitrogen and oxygen atoms in total. The summed E-state index contributed by atoms with van der Waals surface area (Å²) in [4.78, 5) is 8.43. The Morgan fingerprint density at radius 3 is 2.92 bits per heavy atom. The zero-order chi connectivity index (χ0) is 8.97. The van der Waals surface area contributed by atoms with E-state index < -0.39 is 0 Å². The van der Waals surface area contributed by atoms with E-state index in [1.807, 2.05) is 20.2 Å². The first-order chi connectivity index (χ1) is 5.77. The summed E-state index contributed by atoms with van der Waals surface area (Å²) in [5.74, 6) is 1.73. The SMILES string of the molecule is CCSc1nc(NC)ncc1C. The van der Waals surface area contributed by atoms with Gasteiger partial charge in [-0.15, -0.1) is 11.8 Å². The molecule has 0 fully saturated rings. The second-order valence-corrected chi connectivity index (χ2v) is 3.62. The molecule has 66 valence electrons. The van der Waals surface area contributed by atoms with Gasteiger partial charge in [0.2, 0.25) is 5.95 Å². The number of hydrogen-bond donors (Lipinski definition) is 1. The van der Waals surface area contributed by atoms with E-state index in [-0.39, 0.29) is 0 Å². The first kappa shape index (κ1) is 9.32. The molecule has 0 radical (unpaired) electrons. The average molecular weight is 183 g/mol. The van der Waals surface area contributed by atoms with Crippen LogP contribution in [-0.2, 0) is 0 Å². The Bertz CT molecular complexity index is 262. The highest BCUT2D eigenvalue weighted by atomic mass is 32.2. The summed E-state index contributed by atoms with van der Waals surface area (Å²) < 4.78 is 0. The summed E-state index contributed by atoms with van der Waals surface area (Å²) in [5, 5.41) is 3.98. The van der Waals surface area contributed by atoms with Crippen LogP contribution in [0.4, 0.5) is 5.95 Å². The van der Waals surface area contributed by atoms with Gasteiger partial charge in [-0.25, -0.2) is 9.97 Å². The fourth-order valence-corrected chi connectivity index (χ4v) is 1.53. The van der Waals surface area contributed by atoms with Crippen LogP contribution in [0.25, 0.3) is 0 Å². The topological polar surface area (TPSA) is 37.8 Å². The molecular weight excluding hydrogens is 170 g/mol. The molecule has 4 heteroatoms. The maximum absolute atomic E-state index is 4.32. The van der Waals surface area contributed by atoms with Crippen LogP contribution in [0, 0.1) is 6.92 Å².